The van der Waals surface area contributed by atoms with Crippen LogP contribution in [0.3, 0.4) is 0 Å². The van der Waals surface area contributed by atoms with Crippen LogP contribution in [0.4, 0.5) is 5.82 Å². The summed E-state index contributed by atoms with van der Waals surface area (Å²) in [5, 5.41) is 3.41. The van der Waals surface area contributed by atoms with Crippen LogP contribution in [0.15, 0.2) is 30.5 Å². The molecule has 1 aromatic heterocycles. The number of halogens is 1. The highest BCUT2D eigenvalue weighted by atomic mass is 35.5. The standard InChI is InChI=1S/C17H18ClN3O/c1-10-6-12(4-5-13(10)8-19)14-7-16(20-9-15(14)18)21-17(22)11-2-3-11/h4-7,9,11H,2-3,8,19H2,1H3,(H,20,21,22). The number of benzene rings is 1. The number of pyridine rings is 1. The molecule has 1 fully saturated rings. The Morgan fingerprint density at radius 3 is 2.82 bits per heavy atom. The molecule has 2 aromatic rings. The molecule has 1 heterocycles. The number of hydrogen-bond donors (Lipinski definition) is 2. The zero-order chi connectivity index (χ0) is 15.7. The van der Waals surface area contributed by atoms with Gasteiger partial charge in [-0.1, -0.05) is 29.8 Å². The number of rotatable bonds is 4. The summed E-state index contributed by atoms with van der Waals surface area (Å²) in [5.41, 5.74) is 9.77. The minimum atomic E-state index is 0.0374. The average Bonchev–Trinajstić information content (AvgIpc) is 3.34. The van der Waals surface area contributed by atoms with Gasteiger partial charge in [0, 0.05) is 24.2 Å². The number of aryl methyl sites for hydroxylation is 1. The topological polar surface area (TPSA) is 68.0 Å². The van der Waals surface area contributed by atoms with Gasteiger partial charge in [0.1, 0.15) is 5.82 Å². The fourth-order valence-electron chi connectivity index (χ4n) is 2.39. The van der Waals surface area contributed by atoms with Crippen molar-refractivity contribution in [2.45, 2.75) is 26.3 Å². The molecule has 0 aliphatic heterocycles. The quantitative estimate of drug-likeness (QED) is 0.907. The van der Waals surface area contributed by atoms with Gasteiger partial charge in [0.25, 0.3) is 0 Å². The lowest BCUT2D eigenvalue weighted by Crippen LogP contribution is -2.14. The number of aromatic nitrogens is 1. The van der Waals surface area contributed by atoms with Crippen LogP contribution in [0.25, 0.3) is 11.1 Å². The first-order valence-electron chi connectivity index (χ1n) is 7.35. The molecule has 0 bridgehead atoms. The van der Waals surface area contributed by atoms with Crippen molar-refractivity contribution in [1.82, 2.24) is 4.98 Å². The molecule has 0 radical (unpaired) electrons. The van der Waals surface area contributed by atoms with Gasteiger partial charge < -0.3 is 11.1 Å². The highest BCUT2D eigenvalue weighted by Crippen LogP contribution is 2.33. The van der Waals surface area contributed by atoms with E-state index in [0.29, 0.717) is 17.4 Å². The van der Waals surface area contributed by atoms with E-state index in [-0.39, 0.29) is 11.8 Å². The summed E-state index contributed by atoms with van der Waals surface area (Å²) in [4.78, 5) is 16.0. The normalized spacial score (nSPS) is 14.0. The Kier molecular flexibility index (Phi) is 4.14. The lowest BCUT2D eigenvalue weighted by molar-refractivity contribution is -0.117. The molecule has 3 N–H and O–H groups in total. The number of carbonyl (C=O) groups excluding carboxylic acids is 1. The third kappa shape index (κ3) is 3.13. The molecule has 0 unspecified atom stereocenters. The van der Waals surface area contributed by atoms with Crippen molar-refractivity contribution in [3.63, 3.8) is 0 Å². The average molecular weight is 316 g/mol. The van der Waals surface area contributed by atoms with Crippen LogP contribution in [0, 0.1) is 12.8 Å². The summed E-state index contributed by atoms with van der Waals surface area (Å²) in [7, 11) is 0. The molecule has 114 valence electrons. The molecule has 1 aromatic carbocycles. The first-order chi connectivity index (χ1) is 10.6. The van der Waals surface area contributed by atoms with Crippen LogP contribution in [-0.4, -0.2) is 10.9 Å². The Bertz CT molecular complexity index is 726. The lowest BCUT2D eigenvalue weighted by atomic mass is 10.0. The Hall–Kier alpha value is -1.91. The summed E-state index contributed by atoms with van der Waals surface area (Å²) in [6.07, 6.45) is 3.50. The molecule has 0 atom stereocenters. The SMILES string of the molecule is Cc1cc(-c2cc(NC(=O)C3CC3)ncc2Cl)ccc1CN. The summed E-state index contributed by atoms with van der Waals surface area (Å²) in [6, 6.07) is 7.86. The largest absolute Gasteiger partial charge is 0.326 e. The van der Waals surface area contributed by atoms with Crippen LogP contribution in [-0.2, 0) is 11.3 Å². The molecule has 22 heavy (non-hydrogen) atoms. The second kappa shape index (κ2) is 6.07. The maximum Gasteiger partial charge on any atom is 0.228 e. The Morgan fingerprint density at radius 1 is 1.41 bits per heavy atom. The molecule has 0 saturated heterocycles. The predicted octanol–water partition coefficient (Wildman–Crippen LogP) is 3.52. The maximum absolute atomic E-state index is 11.8. The Balaban J connectivity index is 1.91. The smallest absolute Gasteiger partial charge is 0.228 e. The minimum absolute atomic E-state index is 0.0374. The van der Waals surface area contributed by atoms with Crippen LogP contribution >= 0.6 is 11.6 Å². The number of nitrogens with zero attached hydrogens (tertiary/aromatic N) is 1. The van der Waals surface area contributed by atoms with E-state index in [1.165, 1.54) is 0 Å². The summed E-state index contributed by atoms with van der Waals surface area (Å²) in [5.74, 6) is 0.722. The number of nitrogens with one attached hydrogen (secondary N) is 1. The van der Waals surface area contributed by atoms with Gasteiger partial charge in [0.2, 0.25) is 5.91 Å². The first kappa shape index (κ1) is 15.0. The molecular weight excluding hydrogens is 298 g/mol. The third-order valence-electron chi connectivity index (χ3n) is 3.93. The van der Waals surface area contributed by atoms with Gasteiger partial charge in [0.15, 0.2) is 0 Å². The zero-order valence-corrected chi connectivity index (χ0v) is 13.2. The van der Waals surface area contributed by atoms with E-state index in [1.54, 1.807) is 6.20 Å². The zero-order valence-electron chi connectivity index (χ0n) is 12.4. The molecule has 3 rings (SSSR count). The van der Waals surface area contributed by atoms with E-state index in [2.05, 4.69) is 16.4 Å². The van der Waals surface area contributed by atoms with Crippen molar-refractivity contribution in [3.8, 4) is 11.1 Å². The van der Waals surface area contributed by atoms with Crippen LogP contribution in [0.2, 0.25) is 5.02 Å². The van der Waals surface area contributed by atoms with E-state index in [1.807, 2.05) is 25.1 Å². The van der Waals surface area contributed by atoms with E-state index in [9.17, 15) is 4.79 Å². The van der Waals surface area contributed by atoms with Crippen LogP contribution < -0.4 is 11.1 Å². The highest BCUT2D eigenvalue weighted by molar-refractivity contribution is 6.33. The van der Waals surface area contributed by atoms with Gasteiger partial charge in [0.05, 0.1) is 5.02 Å². The van der Waals surface area contributed by atoms with Gasteiger partial charge in [-0.25, -0.2) is 4.98 Å². The van der Waals surface area contributed by atoms with Crippen molar-refractivity contribution in [2.24, 2.45) is 11.7 Å². The maximum atomic E-state index is 11.8. The fourth-order valence-corrected chi connectivity index (χ4v) is 2.61. The van der Waals surface area contributed by atoms with Gasteiger partial charge >= 0.3 is 0 Å². The summed E-state index contributed by atoms with van der Waals surface area (Å²) >= 11 is 6.27. The first-order valence-corrected chi connectivity index (χ1v) is 7.72. The molecule has 1 aliphatic rings. The lowest BCUT2D eigenvalue weighted by Gasteiger charge is -2.11. The second-order valence-corrected chi connectivity index (χ2v) is 6.07. The van der Waals surface area contributed by atoms with E-state index >= 15 is 0 Å². The van der Waals surface area contributed by atoms with E-state index in [0.717, 1.165) is 35.1 Å². The molecule has 1 saturated carbocycles. The van der Waals surface area contributed by atoms with Gasteiger partial charge in [-0.2, -0.15) is 0 Å². The fraction of sp³-hybridized carbons (Fsp3) is 0.294. The predicted molar refractivity (Wildman–Crippen MR) is 88.7 cm³/mol. The molecule has 1 amide bonds. The summed E-state index contributed by atoms with van der Waals surface area (Å²) in [6.45, 7) is 2.54. The number of nitrogens with two attached hydrogens (primary N) is 1. The van der Waals surface area contributed by atoms with Crippen LogP contribution in [0.5, 0.6) is 0 Å². The monoisotopic (exact) mass is 315 g/mol. The number of carbonyl (C=O) groups is 1. The van der Waals surface area contributed by atoms with E-state index < -0.39 is 0 Å². The number of hydrogen-bond acceptors (Lipinski definition) is 3. The highest BCUT2D eigenvalue weighted by Gasteiger charge is 2.29. The van der Waals surface area contributed by atoms with Crippen molar-refractivity contribution < 1.29 is 4.79 Å². The van der Waals surface area contributed by atoms with Gasteiger partial charge in [-0.15, -0.1) is 0 Å². The van der Waals surface area contributed by atoms with Crippen LogP contribution in [0.1, 0.15) is 24.0 Å². The molecular formula is C17H18ClN3O. The Morgan fingerprint density at radius 2 is 2.18 bits per heavy atom. The van der Waals surface area contributed by atoms with E-state index in [4.69, 9.17) is 17.3 Å². The van der Waals surface area contributed by atoms with Gasteiger partial charge in [-0.3, -0.25) is 4.79 Å². The number of anilines is 1. The molecule has 0 spiro atoms. The minimum Gasteiger partial charge on any atom is -0.326 e. The van der Waals surface area contributed by atoms with Crippen molar-refractivity contribution >= 4 is 23.3 Å². The van der Waals surface area contributed by atoms with Gasteiger partial charge in [-0.05, 0) is 42.5 Å². The number of amides is 1. The van der Waals surface area contributed by atoms with Crippen molar-refractivity contribution in [3.05, 3.63) is 46.6 Å². The third-order valence-corrected chi connectivity index (χ3v) is 4.23. The van der Waals surface area contributed by atoms with Crippen molar-refractivity contribution in [2.75, 3.05) is 5.32 Å². The molecule has 5 heteroatoms. The molecule has 4 nitrogen and oxygen atoms in total. The summed E-state index contributed by atoms with van der Waals surface area (Å²) < 4.78 is 0. The molecule has 1 aliphatic carbocycles. The second-order valence-electron chi connectivity index (χ2n) is 5.66. The van der Waals surface area contributed by atoms with Crippen molar-refractivity contribution in [1.29, 1.82) is 0 Å². The Labute approximate surface area is 134 Å².